The van der Waals surface area contributed by atoms with Gasteiger partial charge in [0.25, 0.3) is 0 Å². The number of aryl methyl sites for hydroxylation is 1. The molecular formula is C22H29N5O3. The minimum absolute atomic E-state index is 0.139. The maximum absolute atomic E-state index is 13.0. The first-order chi connectivity index (χ1) is 14.3. The first-order valence-corrected chi connectivity index (χ1v) is 10.3. The third-order valence-electron chi connectivity index (χ3n) is 5.93. The predicted molar refractivity (Wildman–Crippen MR) is 117 cm³/mol. The van der Waals surface area contributed by atoms with Crippen LogP contribution in [0.1, 0.15) is 31.7 Å². The highest BCUT2D eigenvalue weighted by molar-refractivity contribution is 5.85. The molecule has 0 bridgehead atoms. The van der Waals surface area contributed by atoms with Gasteiger partial charge in [-0.1, -0.05) is 13.8 Å². The lowest BCUT2D eigenvalue weighted by Crippen LogP contribution is -2.32. The SMILES string of the molecule is COc1cc(C(C)C)c2c(=O)oc(-c3cnn(C)c3N3CC[C@H](N(C)C)C3)nc2c1. The second-order valence-electron chi connectivity index (χ2n) is 8.43. The first-order valence-electron chi connectivity index (χ1n) is 10.3. The molecule has 2 aromatic heterocycles. The number of hydrogen-bond acceptors (Lipinski definition) is 7. The van der Waals surface area contributed by atoms with Crippen LogP contribution in [0.25, 0.3) is 22.4 Å². The number of anilines is 1. The molecule has 0 amide bonds. The van der Waals surface area contributed by atoms with Crippen molar-refractivity contribution in [3.8, 4) is 17.2 Å². The van der Waals surface area contributed by atoms with Crippen LogP contribution < -0.4 is 15.3 Å². The highest BCUT2D eigenvalue weighted by atomic mass is 16.5. The number of hydrogen-bond donors (Lipinski definition) is 0. The third-order valence-corrected chi connectivity index (χ3v) is 5.93. The van der Waals surface area contributed by atoms with E-state index in [1.54, 1.807) is 19.4 Å². The molecule has 0 N–H and O–H groups in total. The van der Waals surface area contributed by atoms with Crippen molar-refractivity contribution in [3.63, 3.8) is 0 Å². The summed E-state index contributed by atoms with van der Waals surface area (Å²) in [5, 5.41) is 4.94. The Balaban J connectivity index is 1.85. The van der Waals surface area contributed by atoms with E-state index in [1.165, 1.54) is 0 Å². The molecule has 1 aliphatic rings. The molecule has 3 heterocycles. The van der Waals surface area contributed by atoms with Crippen LogP contribution in [-0.4, -0.2) is 60.0 Å². The number of methoxy groups -OCH3 is 1. The number of aromatic nitrogens is 3. The number of rotatable bonds is 5. The van der Waals surface area contributed by atoms with E-state index >= 15 is 0 Å². The summed E-state index contributed by atoms with van der Waals surface area (Å²) in [4.78, 5) is 22.2. The van der Waals surface area contributed by atoms with Crippen molar-refractivity contribution in [1.82, 2.24) is 19.7 Å². The van der Waals surface area contributed by atoms with Gasteiger partial charge < -0.3 is 19.0 Å². The quantitative estimate of drug-likeness (QED) is 0.639. The van der Waals surface area contributed by atoms with E-state index in [0.29, 0.717) is 22.7 Å². The van der Waals surface area contributed by atoms with Gasteiger partial charge in [0.05, 0.1) is 29.8 Å². The van der Waals surface area contributed by atoms with E-state index in [4.69, 9.17) is 14.1 Å². The number of ether oxygens (including phenoxy) is 1. The van der Waals surface area contributed by atoms with Gasteiger partial charge in [0.15, 0.2) is 0 Å². The van der Waals surface area contributed by atoms with Crippen molar-refractivity contribution in [2.24, 2.45) is 7.05 Å². The number of nitrogens with zero attached hydrogens (tertiary/aromatic N) is 5. The van der Waals surface area contributed by atoms with Gasteiger partial charge >= 0.3 is 5.63 Å². The molecule has 0 unspecified atom stereocenters. The van der Waals surface area contributed by atoms with Gasteiger partial charge in [-0.2, -0.15) is 5.10 Å². The van der Waals surface area contributed by atoms with Crippen LogP contribution in [0, 0.1) is 0 Å². The molecule has 1 saturated heterocycles. The van der Waals surface area contributed by atoms with Crippen LogP contribution in [0.4, 0.5) is 5.82 Å². The molecule has 1 aromatic carbocycles. The number of likely N-dealkylation sites (N-methyl/N-ethyl adjacent to an activating group) is 1. The summed E-state index contributed by atoms with van der Waals surface area (Å²) in [6.45, 7) is 5.88. The fraction of sp³-hybridized carbons (Fsp3) is 0.500. The minimum Gasteiger partial charge on any atom is -0.497 e. The zero-order valence-corrected chi connectivity index (χ0v) is 18.5. The third kappa shape index (κ3) is 3.45. The van der Waals surface area contributed by atoms with E-state index in [0.717, 1.165) is 36.5 Å². The Kier molecular flexibility index (Phi) is 5.27. The Morgan fingerprint density at radius 2 is 2.07 bits per heavy atom. The summed E-state index contributed by atoms with van der Waals surface area (Å²) in [7, 11) is 7.72. The molecule has 3 aromatic rings. The average molecular weight is 412 g/mol. The Morgan fingerprint density at radius 3 is 2.70 bits per heavy atom. The molecule has 8 nitrogen and oxygen atoms in total. The van der Waals surface area contributed by atoms with Crippen LogP contribution >= 0.6 is 0 Å². The van der Waals surface area contributed by atoms with Crippen LogP contribution in [-0.2, 0) is 7.05 Å². The molecule has 1 aliphatic heterocycles. The predicted octanol–water partition coefficient (Wildman–Crippen LogP) is 2.86. The van der Waals surface area contributed by atoms with E-state index < -0.39 is 0 Å². The average Bonchev–Trinajstić information content (AvgIpc) is 3.33. The minimum atomic E-state index is -0.385. The van der Waals surface area contributed by atoms with Gasteiger partial charge in [-0.3, -0.25) is 4.68 Å². The van der Waals surface area contributed by atoms with Crippen molar-refractivity contribution in [2.45, 2.75) is 32.2 Å². The van der Waals surface area contributed by atoms with Gasteiger partial charge in [0.2, 0.25) is 5.89 Å². The summed E-state index contributed by atoms with van der Waals surface area (Å²) in [5.41, 5.74) is 1.79. The maximum atomic E-state index is 13.0. The molecular weight excluding hydrogens is 382 g/mol. The van der Waals surface area contributed by atoms with E-state index in [2.05, 4.69) is 29.0 Å². The first kappa shape index (κ1) is 20.4. The zero-order valence-electron chi connectivity index (χ0n) is 18.5. The standard InChI is InChI=1S/C22H29N5O3/c1-13(2)16-9-15(29-6)10-18-19(16)22(28)30-20(24-18)17-11-23-26(5)21(17)27-8-7-14(12-27)25(3)4/h9-11,13-14H,7-8,12H2,1-6H3/t14-/m0/s1. The molecule has 1 atom stereocenters. The molecule has 8 heteroatoms. The molecule has 0 radical (unpaired) electrons. The summed E-state index contributed by atoms with van der Waals surface area (Å²) in [6, 6.07) is 4.14. The topological polar surface area (TPSA) is 76.6 Å². The lowest BCUT2D eigenvalue weighted by molar-refractivity contribution is 0.315. The summed E-state index contributed by atoms with van der Waals surface area (Å²) in [5.74, 6) is 2.02. The highest BCUT2D eigenvalue weighted by Crippen LogP contribution is 2.34. The highest BCUT2D eigenvalue weighted by Gasteiger charge is 2.29. The number of benzene rings is 1. The Hall–Kier alpha value is -2.87. The molecule has 4 rings (SSSR count). The Bertz CT molecular complexity index is 1130. The van der Waals surface area contributed by atoms with Gasteiger partial charge in [0, 0.05) is 32.2 Å². The van der Waals surface area contributed by atoms with Crippen molar-refractivity contribution < 1.29 is 9.15 Å². The lowest BCUT2D eigenvalue weighted by atomic mass is 9.98. The normalized spacial score (nSPS) is 16.9. The molecule has 160 valence electrons. The van der Waals surface area contributed by atoms with Crippen molar-refractivity contribution in [1.29, 1.82) is 0 Å². The largest absolute Gasteiger partial charge is 0.497 e. The molecule has 1 fully saturated rings. The molecule has 0 aliphatic carbocycles. The molecule has 0 saturated carbocycles. The van der Waals surface area contributed by atoms with Gasteiger partial charge in [-0.25, -0.2) is 9.78 Å². The van der Waals surface area contributed by atoms with Gasteiger partial charge in [-0.05, 0) is 38.1 Å². The van der Waals surface area contributed by atoms with Crippen LogP contribution in [0.5, 0.6) is 5.75 Å². The molecule has 0 spiro atoms. The Labute approximate surface area is 176 Å². The van der Waals surface area contributed by atoms with Crippen LogP contribution in [0.2, 0.25) is 0 Å². The second kappa shape index (κ2) is 7.75. The Morgan fingerprint density at radius 1 is 1.30 bits per heavy atom. The van der Waals surface area contributed by atoms with Crippen LogP contribution in [0.15, 0.2) is 27.5 Å². The van der Waals surface area contributed by atoms with Gasteiger partial charge in [0.1, 0.15) is 11.6 Å². The summed E-state index contributed by atoms with van der Waals surface area (Å²) in [6.07, 6.45) is 2.79. The van der Waals surface area contributed by atoms with Crippen molar-refractivity contribution >= 4 is 16.7 Å². The van der Waals surface area contributed by atoms with Crippen molar-refractivity contribution in [3.05, 3.63) is 34.3 Å². The van der Waals surface area contributed by atoms with Crippen molar-refractivity contribution in [2.75, 3.05) is 39.2 Å². The van der Waals surface area contributed by atoms with E-state index in [9.17, 15) is 4.79 Å². The smallest absolute Gasteiger partial charge is 0.347 e. The fourth-order valence-corrected chi connectivity index (χ4v) is 4.20. The maximum Gasteiger partial charge on any atom is 0.347 e. The van der Waals surface area contributed by atoms with Gasteiger partial charge in [-0.15, -0.1) is 0 Å². The second-order valence-corrected chi connectivity index (χ2v) is 8.43. The lowest BCUT2D eigenvalue weighted by Gasteiger charge is -2.22. The molecule has 30 heavy (non-hydrogen) atoms. The van der Waals surface area contributed by atoms with Crippen LogP contribution in [0.3, 0.4) is 0 Å². The van der Waals surface area contributed by atoms with E-state index in [1.807, 2.05) is 31.6 Å². The number of fused-ring (bicyclic) bond motifs is 1. The summed E-state index contributed by atoms with van der Waals surface area (Å²) >= 11 is 0. The fourth-order valence-electron chi connectivity index (χ4n) is 4.20. The zero-order chi connectivity index (χ0) is 21.6. The summed E-state index contributed by atoms with van der Waals surface area (Å²) < 4.78 is 13.0. The van der Waals surface area contributed by atoms with E-state index in [-0.39, 0.29) is 17.4 Å². The monoisotopic (exact) mass is 411 g/mol.